The van der Waals surface area contributed by atoms with Crippen molar-refractivity contribution in [2.24, 2.45) is 0 Å². The first-order chi connectivity index (χ1) is 34.2. The molecule has 4 heteroatoms. The molecule has 0 fully saturated rings. The molecule has 2 aliphatic rings. The fourth-order valence-corrected chi connectivity index (χ4v) is 12.7. The predicted molar refractivity (Wildman–Crippen MR) is 292 cm³/mol. The fourth-order valence-electron chi connectivity index (χ4n) is 12.7. The van der Waals surface area contributed by atoms with Gasteiger partial charge in [0.2, 0.25) is 0 Å². The van der Waals surface area contributed by atoms with Crippen molar-refractivity contribution in [3.63, 3.8) is 0 Å². The third kappa shape index (κ3) is 5.25. The van der Waals surface area contributed by atoms with E-state index >= 15 is 0 Å². The molecule has 70 heavy (non-hydrogen) atoms. The Morgan fingerprint density at radius 1 is 0.343 bits per heavy atom. The topological polar surface area (TPSA) is 35.6 Å². The van der Waals surface area contributed by atoms with Crippen LogP contribution in [0.3, 0.4) is 0 Å². The van der Waals surface area contributed by atoms with Gasteiger partial charge in [0, 0.05) is 60.3 Å². The van der Waals surface area contributed by atoms with Crippen LogP contribution in [0.4, 0.5) is 0 Å². The van der Waals surface area contributed by atoms with Crippen LogP contribution in [0.5, 0.6) is 0 Å². The third-order valence-electron chi connectivity index (χ3n) is 16.1. The van der Waals surface area contributed by atoms with Gasteiger partial charge in [0.05, 0.1) is 44.5 Å². The summed E-state index contributed by atoms with van der Waals surface area (Å²) >= 11 is 0. The highest BCUT2D eigenvalue weighted by Gasteiger charge is 2.37. The lowest BCUT2D eigenvalue weighted by molar-refractivity contribution is 0.660. The molecular weight excluding hydrogens is 849 g/mol. The zero-order valence-electron chi connectivity index (χ0n) is 39.4. The number of aromatic nitrogens is 4. The molecule has 0 bridgehead atoms. The summed E-state index contributed by atoms with van der Waals surface area (Å²) in [6.45, 7) is 9.39. The molecule has 0 spiro atoms. The Labute approximate surface area is 405 Å². The van der Waals surface area contributed by atoms with Crippen LogP contribution in [-0.2, 0) is 10.8 Å². The molecule has 13 aromatic rings. The number of hydrogen-bond donors (Lipinski definition) is 0. The summed E-state index contributed by atoms with van der Waals surface area (Å²) in [5.41, 5.74) is 22.8. The van der Waals surface area contributed by atoms with Crippen molar-refractivity contribution in [1.29, 1.82) is 0 Å². The summed E-state index contributed by atoms with van der Waals surface area (Å²) in [6, 6.07) is 76.0. The largest absolute Gasteiger partial charge is 0.309 e. The van der Waals surface area contributed by atoms with Crippen LogP contribution in [0.1, 0.15) is 49.9 Å². The van der Waals surface area contributed by atoms with Crippen molar-refractivity contribution in [3.8, 4) is 56.1 Å². The minimum Gasteiger partial charge on any atom is -0.309 e. The van der Waals surface area contributed by atoms with E-state index in [1.165, 1.54) is 87.9 Å². The summed E-state index contributed by atoms with van der Waals surface area (Å²) in [7, 11) is 0. The maximum absolute atomic E-state index is 5.72. The SMILES string of the molecule is CC1(C)c2ccccc2-c2ccc(-c3nc4ccc(-n5c6ccccc6c6c7c8ccc9ccccc9c8n(-c8ccccc8)c7ccc65)cc4nc3-c3ccc4c(c3)C(C)(C)c3ccccc3-4)cc21. The van der Waals surface area contributed by atoms with Gasteiger partial charge in [-0.2, -0.15) is 0 Å². The average Bonchev–Trinajstić information content (AvgIpc) is 4.07. The molecule has 2 aliphatic carbocycles. The number of benzene rings is 10. The lowest BCUT2D eigenvalue weighted by Gasteiger charge is -2.23. The average molecular weight is 895 g/mol. The molecule has 10 aromatic carbocycles. The quantitative estimate of drug-likeness (QED) is 0.176. The summed E-state index contributed by atoms with van der Waals surface area (Å²) < 4.78 is 4.89. The van der Waals surface area contributed by atoms with E-state index in [1.807, 2.05) is 0 Å². The standard InChI is InChI=1S/C66H46N4/c1-65(2)51-23-13-10-20-45(51)47-30-27-40(36-53(47)65)62-63(41-28-31-48-46-21-11-14-24-52(46)66(3,4)54(48)37-41)68-56-38-43(29-33-55(56)67-62)69-57-25-15-12-22-49(57)60-58(69)34-35-59-61(60)50-32-26-39-16-8-9-19-44(39)64(50)70(59)42-17-6-5-7-18-42/h5-38H,1-4H3. The molecule has 0 saturated carbocycles. The second-order valence-corrected chi connectivity index (χ2v) is 20.5. The number of nitrogens with zero attached hydrogens (tertiary/aromatic N) is 4. The van der Waals surface area contributed by atoms with Gasteiger partial charge in [-0.3, -0.25) is 0 Å². The smallest absolute Gasteiger partial charge is 0.0973 e. The number of hydrogen-bond acceptors (Lipinski definition) is 2. The molecular formula is C66H46N4. The molecule has 15 rings (SSSR count). The van der Waals surface area contributed by atoms with Crippen LogP contribution in [0, 0.1) is 0 Å². The Balaban J connectivity index is 0.971. The van der Waals surface area contributed by atoms with Gasteiger partial charge in [-0.15, -0.1) is 0 Å². The van der Waals surface area contributed by atoms with Crippen LogP contribution in [0.25, 0.3) is 122 Å². The van der Waals surface area contributed by atoms with E-state index in [0.29, 0.717) is 0 Å². The molecule has 0 atom stereocenters. The molecule has 0 radical (unpaired) electrons. The fraction of sp³-hybridized carbons (Fsp3) is 0.0909. The molecule has 3 heterocycles. The Morgan fingerprint density at radius 2 is 0.886 bits per heavy atom. The van der Waals surface area contributed by atoms with Crippen molar-refractivity contribution < 1.29 is 0 Å². The molecule has 0 aliphatic heterocycles. The summed E-state index contributed by atoms with van der Waals surface area (Å²) in [4.78, 5) is 11.3. The monoisotopic (exact) mass is 894 g/mol. The first-order valence-corrected chi connectivity index (χ1v) is 24.5. The summed E-state index contributed by atoms with van der Waals surface area (Å²) in [6.07, 6.45) is 0. The van der Waals surface area contributed by atoms with E-state index in [0.717, 1.165) is 56.0 Å². The van der Waals surface area contributed by atoms with Crippen molar-refractivity contribution >= 4 is 65.4 Å². The first-order valence-electron chi connectivity index (χ1n) is 24.5. The Morgan fingerprint density at radius 3 is 1.57 bits per heavy atom. The Kier molecular flexibility index (Phi) is 7.88. The second-order valence-electron chi connectivity index (χ2n) is 20.5. The summed E-state index contributed by atoms with van der Waals surface area (Å²) in [5, 5.41) is 7.43. The highest BCUT2D eigenvalue weighted by Crippen LogP contribution is 2.52. The van der Waals surface area contributed by atoms with Crippen molar-refractivity contribution in [2.75, 3.05) is 0 Å². The zero-order chi connectivity index (χ0) is 46.6. The molecule has 4 nitrogen and oxygen atoms in total. The second kappa shape index (κ2) is 14.0. The predicted octanol–water partition coefficient (Wildman–Crippen LogP) is 16.9. The van der Waals surface area contributed by atoms with Crippen LogP contribution >= 0.6 is 0 Å². The minimum atomic E-state index is -0.161. The van der Waals surface area contributed by atoms with Gasteiger partial charge in [0.1, 0.15) is 0 Å². The normalized spacial score (nSPS) is 14.2. The van der Waals surface area contributed by atoms with Crippen LogP contribution in [0.15, 0.2) is 206 Å². The Bertz CT molecular complexity index is 4410. The van der Waals surface area contributed by atoms with E-state index < -0.39 is 0 Å². The maximum Gasteiger partial charge on any atom is 0.0973 e. The van der Waals surface area contributed by atoms with Crippen molar-refractivity contribution in [2.45, 2.75) is 38.5 Å². The molecule has 0 amide bonds. The molecule has 0 unspecified atom stereocenters. The molecule has 0 saturated heterocycles. The van der Waals surface area contributed by atoms with E-state index in [-0.39, 0.29) is 10.8 Å². The van der Waals surface area contributed by atoms with Gasteiger partial charge in [-0.25, -0.2) is 9.97 Å². The zero-order valence-corrected chi connectivity index (χ0v) is 39.4. The molecule has 3 aromatic heterocycles. The van der Waals surface area contributed by atoms with Gasteiger partial charge in [0.15, 0.2) is 0 Å². The van der Waals surface area contributed by atoms with E-state index in [9.17, 15) is 0 Å². The van der Waals surface area contributed by atoms with E-state index in [4.69, 9.17) is 9.97 Å². The van der Waals surface area contributed by atoms with Gasteiger partial charge < -0.3 is 9.13 Å². The highest BCUT2D eigenvalue weighted by atomic mass is 15.0. The molecule has 0 N–H and O–H groups in total. The summed E-state index contributed by atoms with van der Waals surface area (Å²) in [5.74, 6) is 0. The van der Waals surface area contributed by atoms with E-state index in [2.05, 4.69) is 243 Å². The van der Waals surface area contributed by atoms with Gasteiger partial charge in [-0.1, -0.05) is 173 Å². The number of fused-ring (bicyclic) bond motifs is 16. The first kappa shape index (κ1) is 39.4. The Hall–Kier alpha value is -8.60. The maximum atomic E-state index is 5.72. The van der Waals surface area contributed by atoms with Crippen molar-refractivity contribution in [3.05, 3.63) is 229 Å². The lowest BCUT2D eigenvalue weighted by atomic mass is 9.81. The van der Waals surface area contributed by atoms with Crippen molar-refractivity contribution in [1.82, 2.24) is 19.1 Å². The lowest BCUT2D eigenvalue weighted by Crippen LogP contribution is -2.15. The van der Waals surface area contributed by atoms with Gasteiger partial charge in [0.25, 0.3) is 0 Å². The van der Waals surface area contributed by atoms with Gasteiger partial charge in [-0.05, 0) is 111 Å². The molecule has 330 valence electrons. The third-order valence-corrected chi connectivity index (χ3v) is 16.1. The van der Waals surface area contributed by atoms with Crippen LogP contribution < -0.4 is 0 Å². The van der Waals surface area contributed by atoms with Crippen LogP contribution in [0.2, 0.25) is 0 Å². The van der Waals surface area contributed by atoms with E-state index in [1.54, 1.807) is 0 Å². The van der Waals surface area contributed by atoms with Gasteiger partial charge >= 0.3 is 0 Å². The number of rotatable bonds is 4. The van der Waals surface area contributed by atoms with Crippen LogP contribution in [-0.4, -0.2) is 19.1 Å². The highest BCUT2D eigenvalue weighted by molar-refractivity contribution is 6.31. The number of para-hydroxylation sites is 2. The minimum absolute atomic E-state index is 0.150.